The maximum atomic E-state index is 4.53. The van der Waals surface area contributed by atoms with Crippen LogP contribution in [-0.2, 0) is 0 Å². The number of nitrogens with zero attached hydrogens (tertiary/aromatic N) is 6. The van der Waals surface area contributed by atoms with Crippen LogP contribution >= 0.6 is 0 Å². The van der Waals surface area contributed by atoms with Gasteiger partial charge in [0, 0.05) is 39.9 Å². The van der Waals surface area contributed by atoms with Gasteiger partial charge in [-0.05, 0) is 0 Å². The van der Waals surface area contributed by atoms with Crippen molar-refractivity contribution in [1.29, 1.82) is 0 Å². The van der Waals surface area contributed by atoms with Gasteiger partial charge in [-0.25, -0.2) is 18.5 Å². The van der Waals surface area contributed by atoms with Crippen LogP contribution in [0.1, 0.15) is 80.1 Å². The minimum Gasteiger partial charge on any atom is -0.675 e. The van der Waals surface area contributed by atoms with Gasteiger partial charge in [0.25, 0.3) is 0 Å². The second kappa shape index (κ2) is 11.7. The largest absolute Gasteiger partial charge is 0.675 e. The SMILES string of the molecule is CC1CC2CC(C)[N-]C2[N-]1.CC1CC2CC(C)[N-]C2[N-]1.CC1CC2CC(C)[N-]C2[N-]1.[Gd]. The van der Waals surface area contributed by atoms with E-state index in [1.54, 1.807) is 0 Å². The van der Waals surface area contributed by atoms with Crippen LogP contribution in [0.5, 0.6) is 0 Å². The van der Waals surface area contributed by atoms with Crippen LogP contribution in [0.15, 0.2) is 0 Å². The van der Waals surface area contributed by atoms with E-state index in [0.717, 1.165) is 17.8 Å². The van der Waals surface area contributed by atoms with E-state index in [4.69, 9.17) is 0 Å². The first-order valence-electron chi connectivity index (χ1n) is 12.5. The number of hydrogen-bond donors (Lipinski definition) is 0. The molecule has 0 spiro atoms. The van der Waals surface area contributed by atoms with Crippen molar-refractivity contribution in [3.05, 3.63) is 31.9 Å². The Bertz CT molecular complexity index is 404. The average molecular weight is 572 g/mol. The van der Waals surface area contributed by atoms with Gasteiger partial charge in [0.05, 0.1) is 0 Å². The smallest absolute Gasteiger partial charge is 0 e. The number of fused-ring (bicyclic) bond motifs is 3. The van der Waals surface area contributed by atoms with Crippen LogP contribution < -0.4 is 0 Å². The Hall–Kier alpha value is 1.08. The van der Waals surface area contributed by atoms with E-state index in [9.17, 15) is 0 Å². The molecule has 6 aliphatic heterocycles. The zero-order valence-electron chi connectivity index (χ0n) is 20.2. The van der Waals surface area contributed by atoms with Crippen LogP contribution in [-0.4, -0.2) is 54.7 Å². The molecule has 6 nitrogen and oxygen atoms in total. The Morgan fingerprint density at radius 2 is 0.516 bits per heavy atom. The quantitative estimate of drug-likeness (QED) is 0.307. The summed E-state index contributed by atoms with van der Waals surface area (Å²) < 4.78 is 0. The Kier molecular flexibility index (Phi) is 10.1. The fourth-order valence-corrected chi connectivity index (χ4v) is 6.42. The predicted octanol–water partition coefficient (Wildman–Crippen LogP) is 6.78. The summed E-state index contributed by atoms with van der Waals surface area (Å²) in [4.78, 5) is 0. The Balaban J connectivity index is 0.000000130. The predicted molar refractivity (Wildman–Crippen MR) is 126 cm³/mol. The van der Waals surface area contributed by atoms with Gasteiger partial charge in [0.15, 0.2) is 0 Å². The molecule has 6 fully saturated rings. The molecule has 6 atom stereocenters. The summed E-state index contributed by atoms with van der Waals surface area (Å²) in [5, 5.41) is 27.2. The van der Waals surface area contributed by atoms with Crippen molar-refractivity contribution >= 4 is 0 Å². The monoisotopic (exact) mass is 572 g/mol. The first kappa shape index (κ1) is 26.7. The van der Waals surface area contributed by atoms with E-state index in [0.29, 0.717) is 54.7 Å². The fourth-order valence-electron chi connectivity index (χ4n) is 6.42. The fraction of sp³-hybridized carbons (Fsp3) is 1.00. The summed E-state index contributed by atoms with van der Waals surface area (Å²) in [7, 11) is 0. The second-order valence-corrected chi connectivity index (χ2v) is 10.9. The molecule has 6 heterocycles. The Labute approximate surface area is 223 Å². The third-order valence-corrected chi connectivity index (χ3v) is 7.57. The van der Waals surface area contributed by atoms with Gasteiger partial charge in [0.1, 0.15) is 0 Å². The molecule has 0 aromatic heterocycles. The molecule has 7 heteroatoms. The van der Waals surface area contributed by atoms with Crippen LogP contribution in [0.25, 0.3) is 31.9 Å². The van der Waals surface area contributed by atoms with E-state index in [-0.39, 0.29) is 39.9 Å². The second-order valence-electron chi connectivity index (χ2n) is 10.9. The van der Waals surface area contributed by atoms with Gasteiger partial charge in [-0.1, -0.05) is 97.8 Å². The number of hydrogen-bond acceptors (Lipinski definition) is 0. The molecule has 0 bridgehead atoms. The normalized spacial score (nSPS) is 51.7. The van der Waals surface area contributed by atoms with Crippen molar-refractivity contribution in [1.82, 2.24) is 0 Å². The van der Waals surface area contributed by atoms with Crippen LogP contribution in [0.4, 0.5) is 0 Å². The van der Waals surface area contributed by atoms with Crippen molar-refractivity contribution in [2.24, 2.45) is 17.8 Å². The molecule has 6 unspecified atom stereocenters. The molecular weight excluding hydrogens is 530 g/mol. The van der Waals surface area contributed by atoms with Crippen LogP contribution in [0.2, 0.25) is 0 Å². The molecule has 6 saturated heterocycles. The molecule has 0 aromatic rings. The summed E-state index contributed by atoms with van der Waals surface area (Å²) in [6.45, 7) is 13.2. The zero-order chi connectivity index (χ0) is 21.4. The average Bonchev–Trinajstić information content (AvgIpc) is 3.41. The third-order valence-electron chi connectivity index (χ3n) is 7.57. The van der Waals surface area contributed by atoms with E-state index in [2.05, 4.69) is 73.4 Å². The standard InChI is InChI=1S/3C8H14N2.Gd/c3*1-5-3-7-4-6(2)10-8(7)9-5;/h3*5-8H,3-4H2,1-2H3;/q3*-2;. The van der Waals surface area contributed by atoms with Gasteiger partial charge < -0.3 is 31.9 Å². The molecule has 0 N–H and O–H groups in total. The first-order chi connectivity index (χ1) is 14.3. The topological polar surface area (TPSA) is 84.6 Å². The molecule has 0 aromatic carbocycles. The van der Waals surface area contributed by atoms with Gasteiger partial charge >= 0.3 is 0 Å². The van der Waals surface area contributed by atoms with Crippen molar-refractivity contribution in [2.45, 2.75) is 135 Å². The molecule has 0 amide bonds. The summed E-state index contributed by atoms with van der Waals surface area (Å²) in [5.41, 5.74) is 0. The van der Waals surface area contributed by atoms with Crippen LogP contribution in [0, 0.1) is 57.7 Å². The maximum absolute atomic E-state index is 4.53. The summed E-state index contributed by atoms with van der Waals surface area (Å²) in [5.74, 6) is 2.39. The number of rotatable bonds is 0. The third kappa shape index (κ3) is 7.05. The van der Waals surface area contributed by atoms with Gasteiger partial charge in [-0.2, -0.15) is 0 Å². The van der Waals surface area contributed by atoms with Crippen LogP contribution in [0.3, 0.4) is 0 Å². The van der Waals surface area contributed by atoms with Gasteiger partial charge in [-0.3, -0.25) is 0 Å². The molecule has 31 heavy (non-hydrogen) atoms. The van der Waals surface area contributed by atoms with Gasteiger partial charge in [0.2, 0.25) is 0 Å². The Morgan fingerprint density at radius 3 is 0.645 bits per heavy atom. The molecular formula is C24H42GdN6-6. The van der Waals surface area contributed by atoms with Crippen molar-refractivity contribution in [3.63, 3.8) is 0 Å². The van der Waals surface area contributed by atoms with E-state index < -0.39 is 0 Å². The van der Waals surface area contributed by atoms with Gasteiger partial charge in [-0.15, -0.1) is 36.3 Å². The minimum absolute atomic E-state index is 0. The molecule has 0 aliphatic carbocycles. The molecule has 0 saturated carbocycles. The zero-order valence-corrected chi connectivity index (χ0v) is 22.5. The summed E-state index contributed by atoms with van der Waals surface area (Å²) in [6, 6.07) is 3.45. The maximum Gasteiger partial charge on any atom is 0 e. The Morgan fingerprint density at radius 1 is 0.355 bits per heavy atom. The molecule has 6 aliphatic rings. The summed E-state index contributed by atoms with van der Waals surface area (Å²) >= 11 is 0. The van der Waals surface area contributed by atoms with E-state index in [1.165, 1.54) is 38.5 Å². The van der Waals surface area contributed by atoms with Crippen molar-refractivity contribution in [2.75, 3.05) is 0 Å². The van der Waals surface area contributed by atoms with Crippen molar-refractivity contribution in [3.8, 4) is 0 Å². The molecule has 0 radical (unpaired) electrons. The summed E-state index contributed by atoms with van der Waals surface area (Å²) in [6.07, 6.45) is 8.80. The first-order valence-corrected chi connectivity index (χ1v) is 12.5. The molecule has 182 valence electrons. The minimum atomic E-state index is 0. The molecule has 6 rings (SSSR count). The van der Waals surface area contributed by atoms with E-state index in [1.807, 2.05) is 0 Å². The van der Waals surface area contributed by atoms with E-state index >= 15 is 0 Å². The van der Waals surface area contributed by atoms with Crippen molar-refractivity contribution < 1.29 is 39.9 Å².